The predicted octanol–water partition coefficient (Wildman–Crippen LogP) is -0.227. The third-order valence-corrected chi connectivity index (χ3v) is 4.08. The number of aryl methyl sites for hydroxylation is 1. The predicted molar refractivity (Wildman–Crippen MR) is 73.7 cm³/mol. The lowest BCUT2D eigenvalue weighted by Gasteiger charge is -2.09. The molecule has 108 valence electrons. The molecule has 8 nitrogen and oxygen atoms in total. The van der Waals surface area contributed by atoms with Crippen molar-refractivity contribution >= 4 is 15.8 Å². The molecule has 0 aliphatic heterocycles. The van der Waals surface area contributed by atoms with Gasteiger partial charge in [-0.3, -0.25) is 4.68 Å². The minimum Gasteiger partial charge on any atom is -0.372 e. The van der Waals surface area contributed by atoms with Crippen LogP contribution in [0.3, 0.4) is 0 Å². The Morgan fingerprint density at radius 2 is 2.15 bits per heavy atom. The van der Waals surface area contributed by atoms with Crippen LogP contribution in [0, 0.1) is 0 Å². The summed E-state index contributed by atoms with van der Waals surface area (Å²) < 4.78 is 28.4. The Balaban J connectivity index is 2.04. The fourth-order valence-corrected chi connectivity index (χ4v) is 2.86. The lowest BCUT2D eigenvalue weighted by atomic mass is 10.4. The van der Waals surface area contributed by atoms with Gasteiger partial charge in [-0.25, -0.2) is 23.1 Å². The molecule has 0 fully saturated rings. The van der Waals surface area contributed by atoms with Crippen molar-refractivity contribution in [2.75, 3.05) is 18.9 Å². The number of aromatic nitrogens is 4. The quantitative estimate of drug-likeness (QED) is 0.763. The largest absolute Gasteiger partial charge is 0.372 e. The monoisotopic (exact) mass is 296 g/mol. The van der Waals surface area contributed by atoms with E-state index in [1.165, 1.54) is 12.3 Å². The summed E-state index contributed by atoms with van der Waals surface area (Å²) in [6.45, 7) is 0.227. The summed E-state index contributed by atoms with van der Waals surface area (Å²) in [7, 11) is -0.220. The normalized spacial score (nSPS) is 11.5. The Kier molecular flexibility index (Phi) is 4.30. The molecule has 0 bridgehead atoms. The van der Waals surface area contributed by atoms with Crippen LogP contribution in [0.2, 0.25) is 0 Å². The van der Waals surface area contributed by atoms with Crippen LogP contribution in [-0.2, 0) is 23.5 Å². The van der Waals surface area contributed by atoms with Crippen molar-refractivity contribution in [3.63, 3.8) is 0 Å². The zero-order chi connectivity index (χ0) is 14.6. The van der Waals surface area contributed by atoms with E-state index >= 15 is 0 Å². The van der Waals surface area contributed by atoms with Gasteiger partial charge in [0.25, 0.3) is 0 Å². The van der Waals surface area contributed by atoms with Crippen LogP contribution in [0.5, 0.6) is 0 Å². The summed E-state index contributed by atoms with van der Waals surface area (Å²) in [6.07, 6.45) is 3.53. The Morgan fingerprint density at radius 1 is 1.35 bits per heavy atom. The first-order valence-corrected chi connectivity index (χ1v) is 7.48. The summed E-state index contributed by atoms with van der Waals surface area (Å²) in [5, 5.41) is 6.84. The first-order chi connectivity index (χ1) is 9.53. The minimum atomic E-state index is -3.60. The van der Waals surface area contributed by atoms with E-state index in [1.54, 1.807) is 31.2 Å². The van der Waals surface area contributed by atoms with E-state index in [0.717, 1.165) is 0 Å². The van der Waals surface area contributed by atoms with Gasteiger partial charge >= 0.3 is 0 Å². The summed E-state index contributed by atoms with van der Waals surface area (Å²) in [5.74, 6) is 0.909. The molecule has 9 heteroatoms. The Morgan fingerprint density at radius 3 is 2.80 bits per heavy atom. The van der Waals surface area contributed by atoms with Gasteiger partial charge < -0.3 is 5.32 Å². The highest BCUT2D eigenvalue weighted by Gasteiger charge is 2.18. The molecule has 0 aliphatic carbocycles. The van der Waals surface area contributed by atoms with Crippen molar-refractivity contribution in [3.8, 4) is 0 Å². The van der Waals surface area contributed by atoms with Crippen LogP contribution < -0.4 is 10.0 Å². The molecule has 0 spiro atoms. The molecule has 2 aromatic heterocycles. The highest BCUT2D eigenvalue weighted by molar-refractivity contribution is 7.89. The Labute approximate surface area is 117 Å². The van der Waals surface area contributed by atoms with Crippen molar-refractivity contribution in [3.05, 3.63) is 30.5 Å². The molecular weight excluding hydrogens is 280 g/mol. The van der Waals surface area contributed by atoms with Crippen LogP contribution in [0.15, 0.2) is 29.6 Å². The van der Waals surface area contributed by atoms with E-state index in [4.69, 9.17) is 0 Å². The van der Waals surface area contributed by atoms with E-state index in [2.05, 4.69) is 25.1 Å². The molecule has 0 aliphatic rings. The van der Waals surface area contributed by atoms with Gasteiger partial charge in [-0.05, 0) is 12.1 Å². The third kappa shape index (κ3) is 3.31. The maximum atomic E-state index is 12.2. The summed E-state index contributed by atoms with van der Waals surface area (Å²) in [4.78, 5) is 8.13. The maximum absolute atomic E-state index is 12.2. The molecule has 2 heterocycles. The van der Waals surface area contributed by atoms with E-state index in [-0.39, 0.29) is 11.4 Å². The topological polar surface area (TPSA) is 102 Å². The lowest BCUT2D eigenvalue weighted by molar-refractivity contribution is 0.580. The lowest BCUT2D eigenvalue weighted by Crippen LogP contribution is -2.27. The number of hydrogen-bond donors (Lipinski definition) is 2. The van der Waals surface area contributed by atoms with Crippen molar-refractivity contribution < 1.29 is 8.42 Å². The van der Waals surface area contributed by atoms with Crippen molar-refractivity contribution in [1.29, 1.82) is 0 Å². The number of pyridine rings is 1. The second-order valence-electron chi connectivity index (χ2n) is 4.08. The van der Waals surface area contributed by atoms with Gasteiger partial charge in [-0.15, -0.1) is 0 Å². The highest BCUT2D eigenvalue weighted by Crippen LogP contribution is 2.16. The second kappa shape index (κ2) is 5.97. The maximum Gasteiger partial charge on any atom is 0.244 e. The molecule has 0 radical (unpaired) electrons. The van der Waals surface area contributed by atoms with Crippen LogP contribution >= 0.6 is 0 Å². The molecule has 2 rings (SSSR count). The first-order valence-electron chi connectivity index (χ1n) is 6.00. The average molecular weight is 296 g/mol. The van der Waals surface area contributed by atoms with E-state index in [1.807, 2.05) is 0 Å². The van der Waals surface area contributed by atoms with Crippen LogP contribution in [0.4, 0.5) is 5.82 Å². The molecule has 20 heavy (non-hydrogen) atoms. The van der Waals surface area contributed by atoms with Crippen LogP contribution in [-0.4, -0.2) is 41.8 Å². The van der Waals surface area contributed by atoms with Gasteiger partial charge in [-0.2, -0.15) is 5.10 Å². The standard InChI is InChI=1S/C11H16N6O2S/c1-12-11-9(4-3-6-13-11)20(18,19)15-7-5-10-14-8-17(2)16-10/h3-4,6,8,15H,5,7H2,1-2H3,(H,12,13). The first kappa shape index (κ1) is 14.4. The average Bonchev–Trinajstić information content (AvgIpc) is 2.84. The van der Waals surface area contributed by atoms with Gasteiger partial charge in [0, 0.05) is 33.3 Å². The number of anilines is 1. The van der Waals surface area contributed by atoms with Crippen LogP contribution in [0.25, 0.3) is 0 Å². The number of sulfonamides is 1. The Bertz CT molecular complexity index is 682. The molecule has 0 aromatic carbocycles. The van der Waals surface area contributed by atoms with Gasteiger partial charge in [-0.1, -0.05) is 0 Å². The number of hydrogen-bond acceptors (Lipinski definition) is 6. The summed E-state index contributed by atoms with van der Waals surface area (Å²) in [6, 6.07) is 3.08. The van der Waals surface area contributed by atoms with Gasteiger partial charge in [0.15, 0.2) is 5.82 Å². The molecule has 0 saturated carbocycles. The van der Waals surface area contributed by atoms with Gasteiger partial charge in [0.2, 0.25) is 10.0 Å². The van der Waals surface area contributed by atoms with Crippen molar-refractivity contribution in [1.82, 2.24) is 24.5 Å². The smallest absolute Gasteiger partial charge is 0.244 e. The van der Waals surface area contributed by atoms with Crippen LogP contribution in [0.1, 0.15) is 5.82 Å². The molecule has 0 atom stereocenters. The van der Waals surface area contributed by atoms with E-state index in [9.17, 15) is 8.42 Å². The van der Waals surface area contributed by atoms with Gasteiger partial charge in [0.05, 0.1) is 0 Å². The van der Waals surface area contributed by atoms with E-state index < -0.39 is 10.0 Å². The molecule has 2 N–H and O–H groups in total. The Hall–Kier alpha value is -2.00. The molecular formula is C11H16N6O2S. The second-order valence-corrected chi connectivity index (χ2v) is 5.82. The molecule has 0 saturated heterocycles. The fourth-order valence-electron chi connectivity index (χ4n) is 1.67. The molecule has 0 amide bonds. The number of nitrogens with zero attached hydrogens (tertiary/aromatic N) is 4. The van der Waals surface area contributed by atoms with E-state index in [0.29, 0.717) is 18.1 Å². The molecule has 2 aromatic rings. The van der Waals surface area contributed by atoms with Crippen molar-refractivity contribution in [2.45, 2.75) is 11.3 Å². The third-order valence-electron chi connectivity index (χ3n) is 2.58. The van der Waals surface area contributed by atoms with Crippen molar-refractivity contribution in [2.24, 2.45) is 7.05 Å². The zero-order valence-electron chi connectivity index (χ0n) is 11.2. The molecule has 0 unspecified atom stereocenters. The summed E-state index contributed by atoms with van der Waals surface area (Å²) >= 11 is 0. The SMILES string of the molecule is CNc1ncccc1S(=O)(=O)NCCc1ncn(C)n1. The number of nitrogens with one attached hydrogen (secondary N) is 2. The minimum absolute atomic E-state index is 0.122. The summed E-state index contributed by atoms with van der Waals surface area (Å²) in [5.41, 5.74) is 0. The fraction of sp³-hybridized carbons (Fsp3) is 0.364. The number of rotatable bonds is 6. The van der Waals surface area contributed by atoms with Gasteiger partial charge in [0.1, 0.15) is 17.0 Å². The highest BCUT2D eigenvalue weighted by atomic mass is 32.2. The zero-order valence-corrected chi connectivity index (χ0v) is 12.1.